The molecule has 0 radical (unpaired) electrons. The molecule has 0 aliphatic carbocycles. The third-order valence-electron chi connectivity index (χ3n) is 6.45. The van der Waals surface area contributed by atoms with Gasteiger partial charge in [-0.05, 0) is 93.8 Å². The van der Waals surface area contributed by atoms with Crippen molar-refractivity contribution < 1.29 is 13.2 Å². The van der Waals surface area contributed by atoms with Crippen molar-refractivity contribution in [3.8, 4) is 5.69 Å². The average Bonchev–Trinajstić information content (AvgIpc) is 3.17. The van der Waals surface area contributed by atoms with Gasteiger partial charge in [-0.1, -0.05) is 41.9 Å². The Morgan fingerprint density at radius 2 is 1.62 bits per heavy atom. The van der Waals surface area contributed by atoms with Gasteiger partial charge in [-0.25, -0.2) is 13.8 Å². The number of halogens is 1. The molecule has 0 saturated heterocycles. The lowest BCUT2D eigenvalue weighted by atomic mass is 10.1. The van der Waals surface area contributed by atoms with Gasteiger partial charge in [0, 0.05) is 27.7 Å². The quantitative estimate of drug-likeness (QED) is 0.210. The van der Waals surface area contributed by atoms with Crippen molar-refractivity contribution in [3.63, 3.8) is 0 Å². The van der Waals surface area contributed by atoms with Crippen LogP contribution in [0, 0.1) is 34.6 Å². The molecule has 1 aromatic heterocycles. The highest BCUT2D eigenvalue weighted by Crippen LogP contribution is 2.30. The van der Waals surface area contributed by atoms with Crippen LogP contribution in [0.3, 0.4) is 0 Å². The highest BCUT2D eigenvalue weighted by Gasteiger charge is 2.28. The molecule has 1 amide bonds. The number of aryl methyl sites for hydroxylation is 3. The summed E-state index contributed by atoms with van der Waals surface area (Å²) in [7, 11) is -4.05. The van der Waals surface area contributed by atoms with E-state index in [2.05, 4.69) is 47.1 Å². The molecule has 0 aliphatic heterocycles. The number of sulfonamides is 1. The summed E-state index contributed by atoms with van der Waals surface area (Å²) in [6.45, 7) is 9.37. The maximum atomic E-state index is 13.6. The van der Waals surface area contributed by atoms with E-state index < -0.39 is 22.5 Å². The molecule has 0 aliphatic rings. The number of carbonyl (C=O) groups is 1. The lowest BCUT2D eigenvalue weighted by Gasteiger charge is -2.25. The second-order valence-electron chi connectivity index (χ2n) is 9.51. The van der Waals surface area contributed by atoms with Gasteiger partial charge in [-0.2, -0.15) is 5.10 Å². The van der Waals surface area contributed by atoms with Gasteiger partial charge in [0.25, 0.3) is 15.9 Å². The van der Waals surface area contributed by atoms with Crippen LogP contribution in [0.4, 0.5) is 5.69 Å². The molecular weight excluding hydrogens is 532 g/mol. The SMILES string of the molecule is Cc1cc(C)cc(-n2c(C)cc(/C=N\NC(=O)CN(c3cccc(Cl)c3C)S(=O)(=O)c3ccccc3)c2C)c1. The zero-order chi connectivity index (χ0) is 28.3. The fraction of sp³-hybridized carbons (Fsp3) is 0.200. The molecule has 0 unspecified atom stereocenters. The van der Waals surface area contributed by atoms with Gasteiger partial charge in [0.1, 0.15) is 6.54 Å². The van der Waals surface area contributed by atoms with E-state index in [1.807, 2.05) is 19.9 Å². The Kier molecular flexibility index (Phi) is 8.28. The van der Waals surface area contributed by atoms with Crippen LogP contribution in [0.1, 0.15) is 33.6 Å². The van der Waals surface area contributed by atoms with E-state index in [1.165, 1.54) is 23.3 Å². The van der Waals surface area contributed by atoms with Crippen molar-refractivity contribution in [1.29, 1.82) is 0 Å². The van der Waals surface area contributed by atoms with Crippen molar-refractivity contribution in [2.45, 2.75) is 39.5 Å². The Morgan fingerprint density at radius 1 is 0.949 bits per heavy atom. The number of amides is 1. The number of benzene rings is 3. The maximum absolute atomic E-state index is 13.6. The number of aromatic nitrogens is 1. The van der Waals surface area contributed by atoms with E-state index in [9.17, 15) is 13.2 Å². The van der Waals surface area contributed by atoms with Crippen LogP contribution in [-0.2, 0) is 14.8 Å². The number of nitrogens with zero attached hydrogens (tertiary/aromatic N) is 3. The van der Waals surface area contributed by atoms with E-state index in [0.29, 0.717) is 16.3 Å². The van der Waals surface area contributed by atoms with E-state index in [0.717, 1.165) is 26.9 Å². The Morgan fingerprint density at radius 3 is 2.28 bits per heavy atom. The molecule has 9 heteroatoms. The van der Waals surface area contributed by atoms with Crippen LogP contribution in [0.25, 0.3) is 5.69 Å². The summed E-state index contributed by atoms with van der Waals surface area (Å²) >= 11 is 6.29. The van der Waals surface area contributed by atoms with E-state index >= 15 is 0 Å². The molecule has 202 valence electrons. The average molecular weight is 563 g/mol. The molecular formula is C30H31ClN4O3S. The van der Waals surface area contributed by atoms with Crippen molar-refractivity contribution in [2.24, 2.45) is 5.10 Å². The second kappa shape index (κ2) is 11.5. The normalized spacial score (nSPS) is 11.6. The fourth-order valence-corrected chi connectivity index (χ4v) is 6.29. The molecule has 3 aromatic carbocycles. The summed E-state index contributed by atoms with van der Waals surface area (Å²) in [5.41, 5.74) is 9.60. The van der Waals surface area contributed by atoms with Gasteiger partial charge in [-0.3, -0.25) is 9.10 Å². The Balaban J connectivity index is 1.58. The van der Waals surface area contributed by atoms with Crippen molar-refractivity contribution >= 4 is 39.4 Å². The van der Waals surface area contributed by atoms with Gasteiger partial charge in [0.05, 0.1) is 16.8 Å². The van der Waals surface area contributed by atoms with Gasteiger partial charge >= 0.3 is 0 Å². The zero-order valence-corrected chi connectivity index (χ0v) is 24.1. The van der Waals surface area contributed by atoms with Crippen LogP contribution in [0.15, 0.2) is 82.8 Å². The lowest BCUT2D eigenvalue weighted by Crippen LogP contribution is -2.40. The molecule has 0 saturated carbocycles. The number of nitrogens with one attached hydrogen (secondary N) is 1. The number of carbonyl (C=O) groups excluding carboxylic acids is 1. The van der Waals surface area contributed by atoms with Gasteiger partial charge in [0.15, 0.2) is 0 Å². The Hall–Kier alpha value is -3.88. The van der Waals surface area contributed by atoms with Gasteiger partial charge in [-0.15, -0.1) is 0 Å². The monoisotopic (exact) mass is 562 g/mol. The molecule has 4 rings (SSSR count). The summed E-state index contributed by atoms with van der Waals surface area (Å²) in [5.74, 6) is -0.590. The van der Waals surface area contributed by atoms with Gasteiger partial charge in [0.2, 0.25) is 0 Å². The maximum Gasteiger partial charge on any atom is 0.264 e. The minimum Gasteiger partial charge on any atom is -0.318 e. The number of hydrogen-bond donors (Lipinski definition) is 1. The first-order valence-corrected chi connectivity index (χ1v) is 14.2. The second-order valence-corrected chi connectivity index (χ2v) is 11.8. The van der Waals surface area contributed by atoms with Crippen LogP contribution in [-0.4, -0.2) is 31.7 Å². The van der Waals surface area contributed by atoms with Crippen LogP contribution in [0.2, 0.25) is 5.02 Å². The minimum absolute atomic E-state index is 0.0690. The molecule has 0 atom stereocenters. The minimum atomic E-state index is -4.05. The fourth-order valence-electron chi connectivity index (χ4n) is 4.62. The molecule has 1 N–H and O–H groups in total. The van der Waals surface area contributed by atoms with Crippen LogP contribution in [0.5, 0.6) is 0 Å². The lowest BCUT2D eigenvalue weighted by molar-refractivity contribution is -0.119. The summed E-state index contributed by atoms with van der Waals surface area (Å²) in [6, 6.07) is 21.3. The highest BCUT2D eigenvalue weighted by molar-refractivity contribution is 7.92. The number of hydrazone groups is 1. The van der Waals surface area contributed by atoms with Crippen molar-refractivity contribution in [2.75, 3.05) is 10.8 Å². The van der Waals surface area contributed by atoms with E-state index in [1.54, 1.807) is 49.5 Å². The Bertz CT molecular complexity index is 1640. The smallest absolute Gasteiger partial charge is 0.264 e. The summed E-state index contributed by atoms with van der Waals surface area (Å²) in [5, 5.41) is 4.54. The molecule has 1 heterocycles. The Labute approximate surface area is 234 Å². The first-order chi connectivity index (χ1) is 18.5. The molecule has 0 spiro atoms. The van der Waals surface area contributed by atoms with Crippen molar-refractivity contribution in [1.82, 2.24) is 9.99 Å². The third kappa shape index (κ3) is 6.08. The number of hydrogen-bond acceptors (Lipinski definition) is 4. The summed E-state index contributed by atoms with van der Waals surface area (Å²) < 4.78 is 30.3. The molecule has 4 aromatic rings. The largest absolute Gasteiger partial charge is 0.318 e. The van der Waals surface area contributed by atoms with Crippen LogP contribution >= 0.6 is 11.6 Å². The molecule has 7 nitrogen and oxygen atoms in total. The molecule has 0 bridgehead atoms. The van der Waals surface area contributed by atoms with E-state index in [4.69, 9.17) is 11.6 Å². The number of rotatable bonds is 8. The standard InChI is InChI=1S/C30H31ClN4O3S/c1-20-14-21(2)16-26(15-20)35-22(3)17-25(24(35)5)18-32-33-30(36)19-34(29-13-9-12-28(31)23(29)4)39(37,38)27-10-7-6-8-11-27/h6-18H,19H2,1-5H3,(H,33,36)/b32-18-. The summed E-state index contributed by atoms with van der Waals surface area (Å²) in [6.07, 6.45) is 1.57. The van der Waals surface area contributed by atoms with E-state index in [-0.39, 0.29) is 4.90 Å². The third-order valence-corrected chi connectivity index (χ3v) is 8.64. The summed E-state index contributed by atoms with van der Waals surface area (Å²) in [4.78, 5) is 13.0. The predicted molar refractivity (Wildman–Crippen MR) is 158 cm³/mol. The molecule has 39 heavy (non-hydrogen) atoms. The zero-order valence-electron chi connectivity index (χ0n) is 22.6. The van der Waals surface area contributed by atoms with Crippen LogP contribution < -0.4 is 9.73 Å². The predicted octanol–water partition coefficient (Wildman–Crippen LogP) is 6.02. The first-order valence-electron chi connectivity index (χ1n) is 12.4. The van der Waals surface area contributed by atoms with Gasteiger partial charge < -0.3 is 4.57 Å². The first kappa shape index (κ1) is 28.1. The molecule has 0 fully saturated rings. The topological polar surface area (TPSA) is 83.8 Å². The highest BCUT2D eigenvalue weighted by atomic mass is 35.5. The number of anilines is 1. The van der Waals surface area contributed by atoms with Crippen molar-refractivity contribution in [3.05, 3.63) is 111 Å².